The van der Waals surface area contributed by atoms with Crippen LogP contribution in [-0.2, 0) is 14.8 Å². The molecule has 0 spiro atoms. The van der Waals surface area contributed by atoms with Gasteiger partial charge in [0.2, 0.25) is 10.0 Å². The Labute approximate surface area is 177 Å². The Hall–Kier alpha value is -2.10. The van der Waals surface area contributed by atoms with Gasteiger partial charge >= 0.3 is 0 Å². The number of hydrogen-bond donors (Lipinski definition) is 1. The fourth-order valence-electron chi connectivity index (χ4n) is 3.02. The number of ether oxygens (including phenoxy) is 1. The Morgan fingerprint density at radius 3 is 2.55 bits per heavy atom. The maximum atomic E-state index is 12.9. The summed E-state index contributed by atoms with van der Waals surface area (Å²) in [6.07, 6.45) is 0. The summed E-state index contributed by atoms with van der Waals surface area (Å²) >= 11 is 12.1. The largest absolute Gasteiger partial charge is 0.451 e. The molecule has 10 heteroatoms. The first-order chi connectivity index (χ1) is 13.8. The molecule has 4 rings (SSSR count). The van der Waals surface area contributed by atoms with Crippen LogP contribution in [0.5, 0.6) is 0 Å². The molecule has 3 aromatic rings. The number of sulfonamides is 1. The van der Waals surface area contributed by atoms with Crippen molar-refractivity contribution in [2.45, 2.75) is 4.90 Å². The van der Waals surface area contributed by atoms with Crippen molar-refractivity contribution in [1.29, 1.82) is 0 Å². The Kier molecular flexibility index (Phi) is 5.54. The molecule has 29 heavy (non-hydrogen) atoms. The van der Waals surface area contributed by atoms with E-state index in [9.17, 15) is 13.2 Å². The highest BCUT2D eigenvalue weighted by Crippen LogP contribution is 2.29. The maximum Gasteiger partial charge on any atom is 0.291 e. The molecule has 0 bridgehead atoms. The van der Waals surface area contributed by atoms with Crippen LogP contribution >= 0.6 is 23.2 Å². The number of nitrogens with zero attached hydrogens (tertiary/aromatic N) is 1. The van der Waals surface area contributed by atoms with Crippen LogP contribution in [0.25, 0.3) is 11.0 Å². The number of fused-ring (bicyclic) bond motifs is 1. The van der Waals surface area contributed by atoms with Crippen LogP contribution in [0.15, 0.2) is 51.8 Å². The Morgan fingerprint density at radius 2 is 1.79 bits per heavy atom. The number of morpholine rings is 1. The lowest BCUT2D eigenvalue weighted by Gasteiger charge is -2.26. The van der Waals surface area contributed by atoms with E-state index in [0.29, 0.717) is 29.2 Å². The second-order valence-corrected chi connectivity index (χ2v) is 9.16. The molecule has 7 nitrogen and oxygen atoms in total. The zero-order chi connectivity index (χ0) is 20.6. The van der Waals surface area contributed by atoms with Gasteiger partial charge in [-0.2, -0.15) is 4.31 Å². The number of amides is 1. The molecule has 0 aliphatic carbocycles. The fourth-order valence-corrected chi connectivity index (χ4v) is 5.11. The third-order valence-electron chi connectivity index (χ3n) is 4.48. The van der Waals surface area contributed by atoms with E-state index in [4.69, 9.17) is 32.4 Å². The maximum absolute atomic E-state index is 12.9. The number of rotatable bonds is 4. The van der Waals surface area contributed by atoms with Crippen LogP contribution in [-0.4, -0.2) is 44.9 Å². The van der Waals surface area contributed by atoms with Crippen molar-refractivity contribution >= 4 is 55.8 Å². The lowest BCUT2D eigenvalue weighted by molar-refractivity contribution is 0.0730. The predicted molar refractivity (Wildman–Crippen MR) is 110 cm³/mol. The van der Waals surface area contributed by atoms with Gasteiger partial charge in [0.15, 0.2) is 5.76 Å². The standard InChI is InChI=1S/C19H16Cl2N2O5S/c20-13-1-4-16-12(9-13)10-17(28-16)19(24)22-14-2-3-15(21)18(11-14)29(25,26)23-5-7-27-8-6-23/h1-4,9-11H,5-8H2,(H,22,24). The molecule has 1 amide bonds. The normalized spacial score (nSPS) is 15.5. The fraction of sp³-hybridized carbons (Fsp3) is 0.211. The lowest BCUT2D eigenvalue weighted by atomic mass is 10.2. The van der Waals surface area contributed by atoms with Crippen molar-refractivity contribution < 1.29 is 22.4 Å². The summed E-state index contributed by atoms with van der Waals surface area (Å²) in [5.74, 6) is -0.441. The van der Waals surface area contributed by atoms with E-state index < -0.39 is 15.9 Å². The smallest absolute Gasteiger partial charge is 0.291 e. The van der Waals surface area contributed by atoms with Gasteiger partial charge in [-0.1, -0.05) is 23.2 Å². The van der Waals surface area contributed by atoms with E-state index in [2.05, 4.69) is 5.32 Å². The van der Waals surface area contributed by atoms with Gasteiger partial charge in [-0.3, -0.25) is 4.79 Å². The first kappa shape index (κ1) is 20.2. The quantitative estimate of drug-likeness (QED) is 0.642. The zero-order valence-electron chi connectivity index (χ0n) is 15.0. The summed E-state index contributed by atoms with van der Waals surface area (Å²) in [4.78, 5) is 12.5. The average Bonchev–Trinajstić information content (AvgIpc) is 3.13. The minimum atomic E-state index is -3.81. The summed E-state index contributed by atoms with van der Waals surface area (Å²) in [7, 11) is -3.81. The SMILES string of the molecule is O=C(Nc1ccc(Cl)c(S(=O)(=O)N2CCOCC2)c1)c1cc2cc(Cl)ccc2o1. The molecule has 0 unspecified atom stereocenters. The Balaban J connectivity index is 1.60. The third-order valence-corrected chi connectivity index (χ3v) is 7.09. The number of anilines is 1. The molecular weight excluding hydrogens is 439 g/mol. The first-order valence-electron chi connectivity index (χ1n) is 8.72. The van der Waals surface area contributed by atoms with E-state index in [0.717, 1.165) is 0 Å². The van der Waals surface area contributed by atoms with Gasteiger partial charge in [-0.15, -0.1) is 0 Å². The van der Waals surface area contributed by atoms with E-state index in [1.54, 1.807) is 24.3 Å². The summed E-state index contributed by atoms with van der Waals surface area (Å²) in [6, 6.07) is 10.9. The van der Waals surface area contributed by atoms with Crippen LogP contribution in [0.3, 0.4) is 0 Å². The van der Waals surface area contributed by atoms with E-state index in [1.807, 2.05) is 0 Å². The van der Waals surface area contributed by atoms with Gasteiger partial charge in [0.1, 0.15) is 10.5 Å². The summed E-state index contributed by atoms with van der Waals surface area (Å²) in [5, 5.41) is 3.94. The highest BCUT2D eigenvalue weighted by atomic mass is 35.5. The van der Waals surface area contributed by atoms with Gasteiger partial charge in [0.25, 0.3) is 5.91 Å². The molecule has 1 N–H and O–H groups in total. The average molecular weight is 455 g/mol. The molecule has 1 aliphatic rings. The van der Waals surface area contributed by atoms with E-state index in [-0.39, 0.29) is 34.5 Å². The highest BCUT2D eigenvalue weighted by Gasteiger charge is 2.28. The topological polar surface area (TPSA) is 88.9 Å². The molecule has 152 valence electrons. The molecule has 2 aromatic carbocycles. The summed E-state index contributed by atoms with van der Waals surface area (Å²) in [6.45, 7) is 1.14. The molecular formula is C19H16Cl2N2O5S. The Morgan fingerprint density at radius 1 is 1.03 bits per heavy atom. The lowest BCUT2D eigenvalue weighted by Crippen LogP contribution is -2.40. The van der Waals surface area contributed by atoms with Gasteiger partial charge in [-0.05, 0) is 42.5 Å². The minimum Gasteiger partial charge on any atom is -0.451 e. The monoisotopic (exact) mass is 454 g/mol. The molecule has 1 fully saturated rings. The number of furan rings is 1. The summed E-state index contributed by atoms with van der Waals surface area (Å²) in [5.41, 5.74) is 0.802. The number of hydrogen-bond acceptors (Lipinski definition) is 5. The number of halogens is 2. The minimum absolute atomic E-state index is 0.0738. The molecule has 0 radical (unpaired) electrons. The van der Waals surface area contributed by atoms with Gasteiger partial charge < -0.3 is 14.5 Å². The number of benzene rings is 2. The molecule has 1 saturated heterocycles. The number of carbonyl (C=O) groups excluding carboxylic acids is 1. The van der Waals surface area contributed by atoms with Crippen LogP contribution in [0.4, 0.5) is 5.69 Å². The molecule has 0 saturated carbocycles. The third kappa shape index (κ3) is 4.12. The first-order valence-corrected chi connectivity index (χ1v) is 10.9. The van der Waals surface area contributed by atoms with Gasteiger partial charge in [-0.25, -0.2) is 8.42 Å². The summed E-state index contributed by atoms with van der Waals surface area (Å²) < 4.78 is 37.9. The van der Waals surface area contributed by atoms with Crippen LogP contribution < -0.4 is 5.32 Å². The van der Waals surface area contributed by atoms with Crippen molar-refractivity contribution in [1.82, 2.24) is 4.31 Å². The molecule has 1 aliphatic heterocycles. The van der Waals surface area contributed by atoms with Crippen LogP contribution in [0.2, 0.25) is 10.0 Å². The zero-order valence-corrected chi connectivity index (χ0v) is 17.4. The van der Waals surface area contributed by atoms with E-state index >= 15 is 0 Å². The van der Waals surface area contributed by atoms with E-state index in [1.165, 1.54) is 22.5 Å². The van der Waals surface area contributed by atoms with Crippen molar-refractivity contribution in [3.63, 3.8) is 0 Å². The van der Waals surface area contributed by atoms with Gasteiger partial charge in [0, 0.05) is 29.2 Å². The molecule has 0 atom stereocenters. The van der Waals surface area contributed by atoms with Crippen molar-refractivity contribution in [2.24, 2.45) is 0 Å². The predicted octanol–water partition coefficient (Wildman–Crippen LogP) is 4.01. The van der Waals surface area contributed by atoms with Crippen LogP contribution in [0, 0.1) is 0 Å². The number of nitrogens with one attached hydrogen (secondary N) is 1. The number of carbonyl (C=O) groups is 1. The van der Waals surface area contributed by atoms with Crippen LogP contribution in [0.1, 0.15) is 10.6 Å². The second-order valence-electron chi connectivity index (χ2n) is 6.41. The highest BCUT2D eigenvalue weighted by molar-refractivity contribution is 7.89. The molecule has 2 heterocycles. The second kappa shape index (κ2) is 7.97. The van der Waals surface area contributed by atoms with Crippen molar-refractivity contribution in [2.75, 3.05) is 31.6 Å². The Bertz CT molecular complexity index is 1190. The van der Waals surface area contributed by atoms with Crippen molar-refractivity contribution in [3.8, 4) is 0 Å². The molecule has 1 aromatic heterocycles. The van der Waals surface area contributed by atoms with Crippen molar-refractivity contribution in [3.05, 3.63) is 58.3 Å². The van der Waals surface area contributed by atoms with Gasteiger partial charge in [0.05, 0.1) is 18.2 Å².